The van der Waals surface area contributed by atoms with Gasteiger partial charge in [0.1, 0.15) is 11.6 Å². The van der Waals surface area contributed by atoms with Crippen molar-refractivity contribution in [2.75, 3.05) is 6.54 Å². The monoisotopic (exact) mass is 237 g/mol. The van der Waals surface area contributed by atoms with Crippen LogP contribution >= 0.6 is 0 Å². The number of rotatable bonds is 4. The molecule has 1 aliphatic carbocycles. The molecule has 1 fully saturated rings. The second-order valence-electron chi connectivity index (χ2n) is 5.72. The van der Waals surface area contributed by atoms with Crippen molar-refractivity contribution in [3.05, 3.63) is 29.6 Å². The number of halogens is 1. The number of phenolic OH excluding ortho intramolecular Hbond substituents is 1. The Labute approximate surface area is 102 Å². The normalized spacial score (nSPS) is 23.4. The Kier molecular flexibility index (Phi) is 3.13. The van der Waals surface area contributed by atoms with Gasteiger partial charge in [0.05, 0.1) is 0 Å². The summed E-state index contributed by atoms with van der Waals surface area (Å²) >= 11 is 0. The summed E-state index contributed by atoms with van der Waals surface area (Å²) in [7, 11) is 0. The van der Waals surface area contributed by atoms with Gasteiger partial charge in [0.25, 0.3) is 0 Å². The predicted molar refractivity (Wildman–Crippen MR) is 66.4 cm³/mol. The Bertz CT molecular complexity index is 417. The van der Waals surface area contributed by atoms with E-state index in [4.69, 9.17) is 0 Å². The van der Waals surface area contributed by atoms with Gasteiger partial charge in [-0.15, -0.1) is 0 Å². The molecule has 2 N–H and O–H groups in total. The molecule has 0 heterocycles. The van der Waals surface area contributed by atoms with E-state index >= 15 is 0 Å². The van der Waals surface area contributed by atoms with Gasteiger partial charge in [-0.25, -0.2) is 4.39 Å². The smallest absolute Gasteiger partial charge is 0.126 e. The Balaban J connectivity index is 1.93. The molecule has 1 aliphatic rings. The fourth-order valence-electron chi connectivity index (χ4n) is 2.24. The van der Waals surface area contributed by atoms with Crippen LogP contribution in [0.5, 0.6) is 5.75 Å². The van der Waals surface area contributed by atoms with Crippen LogP contribution in [0.25, 0.3) is 0 Å². The molecule has 2 atom stereocenters. The van der Waals surface area contributed by atoms with E-state index in [0.717, 1.165) is 18.2 Å². The Morgan fingerprint density at radius 1 is 1.53 bits per heavy atom. The lowest BCUT2D eigenvalue weighted by atomic mass is 10.1. The Morgan fingerprint density at radius 2 is 2.18 bits per heavy atom. The highest BCUT2D eigenvalue weighted by Gasteiger charge is 2.44. The molecule has 2 rings (SSSR count). The van der Waals surface area contributed by atoms with Crippen LogP contribution < -0.4 is 5.32 Å². The van der Waals surface area contributed by atoms with Gasteiger partial charge in [-0.05, 0) is 37.3 Å². The first-order chi connectivity index (χ1) is 7.90. The summed E-state index contributed by atoms with van der Waals surface area (Å²) in [6.07, 6.45) is 1.25. The lowest BCUT2D eigenvalue weighted by Gasteiger charge is -2.16. The summed E-state index contributed by atoms with van der Waals surface area (Å²) in [5.41, 5.74) is 1.21. The van der Waals surface area contributed by atoms with Crippen molar-refractivity contribution in [2.45, 2.75) is 33.2 Å². The van der Waals surface area contributed by atoms with Crippen LogP contribution in [0.15, 0.2) is 18.2 Å². The van der Waals surface area contributed by atoms with Crippen LogP contribution in [-0.2, 0) is 0 Å². The zero-order chi connectivity index (χ0) is 12.6. The SMILES string of the molecule is CC(NCC1CC1(C)C)c1ccc(F)cc1O. The quantitative estimate of drug-likeness (QED) is 0.842. The topological polar surface area (TPSA) is 32.3 Å². The summed E-state index contributed by atoms with van der Waals surface area (Å²) in [4.78, 5) is 0. The molecule has 0 radical (unpaired) electrons. The van der Waals surface area contributed by atoms with E-state index in [-0.39, 0.29) is 11.8 Å². The summed E-state index contributed by atoms with van der Waals surface area (Å²) < 4.78 is 12.9. The lowest BCUT2D eigenvalue weighted by Crippen LogP contribution is -2.22. The van der Waals surface area contributed by atoms with Gasteiger partial charge in [0.15, 0.2) is 0 Å². The van der Waals surface area contributed by atoms with E-state index in [9.17, 15) is 9.50 Å². The molecule has 0 aliphatic heterocycles. The second kappa shape index (κ2) is 4.30. The third-order valence-corrected chi connectivity index (χ3v) is 3.85. The highest BCUT2D eigenvalue weighted by atomic mass is 19.1. The molecule has 0 aromatic heterocycles. The van der Waals surface area contributed by atoms with E-state index in [1.54, 1.807) is 6.07 Å². The highest BCUT2D eigenvalue weighted by Crippen LogP contribution is 2.51. The molecule has 3 heteroatoms. The average Bonchev–Trinajstić information content (AvgIpc) is 2.83. The summed E-state index contributed by atoms with van der Waals surface area (Å²) in [6.45, 7) is 7.46. The molecule has 2 nitrogen and oxygen atoms in total. The molecule has 94 valence electrons. The van der Waals surface area contributed by atoms with Crippen molar-refractivity contribution in [3.63, 3.8) is 0 Å². The predicted octanol–water partition coefficient (Wildman–Crippen LogP) is 3.23. The molecule has 0 spiro atoms. The minimum absolute atomic E-state index is 0.0278. The van der Waals surface area contributed by atoms with E-state index < -0.39 is 5.82 Å². The molecule has 0 amide bonds. The third kappa shape index (κ3) is 2.78. The first-order valence-corrected chi connectivity index (χ1v) is 6.12. The number of nitrogens with one attached hydrogen (secondary N) is 1. The molecule has 2 unspecified atom stereocenters. The molecular formula is C14H20FNO. The maximum absolute atomic E-state index is 12.9. The molecule has 17 heavy (non-hydrogen) atoms. The van der Waals surface area contributed by atoms with Gasteiger partial charge in [0, 0.05) is 17.7 Å². The standard InChI is InChI=1S/C14H20FNO/c1-9(16-8-10-7-14(10,2)3)12-5-4-11(15)6-13(12)17/h4-6,9-10,16-17H,7-8H2,1-3H3. The van der Waals surface area contributed by atoms with Gasteiger partial charge in [-0.1, -0.05) is 19.9 Å². The van der Waals surface area contributed by atoms with Crippen LogP contribution in [0.4, 0.5) is 4.39 Å². The van der Waals surface area contributed by atoms with E-state index in [1.807, 2.05) is 6.92 Å². The zero-order valence-corrected chi connectivity index (χ0v) is 10.6. The van der Waals surface area contributed by atoms with E-state index in [1.165, 1.54) is 12.5 Å². The molecule has 0 saturated heterocycles. The van der Waals surface area contributed by atoms with Crippen LogP contribution in [0.3, 0.4) is 0 Å². The maximum Gasteiger partial charge on any atom is 0.126 e. The molecule has 1 aromatic carbocycles. The number of phenols is 1. The summed E-state index contributed by atoms with van der Waals surface area (Å²) in [5.74, 6) is 0.342. The van der Waals surface area contributed by atoms with E-state index in [2.05, 4.69) is 19.2 Å². The molecular weight excluding hydrogens is 217 g/mol. The first kappa shape index (κ1) is 12.4. The summed E-state index contributed by atoms with van der Waals surface area (Å²) in [5, 5.41) is 13.1. The Morgan fingerprint density at radius 3 is 2.71 bits per heavy atom. The largest absolute Gasteiger partial charge is 0.508 e. The number of hydrogen-bond donors (Lipinski definition) is 2. The fourth-order valence-corrected chi connectivity index (χ4v) is 2.24. The summed E-state index contributed by atoms with van der Waals surface area (Å²) in [6, 6.07) is 4.23. The molecule has 1 aromatic rings. The highest BCUT2D eigenvalue weighted by molar-refractivity contribution is 5.34. The number of benzene rings is 1. The van der Waals surface area contributed by atoms with Crippen LogP contribution in [0, 0.1) is 17.2 Å². The van der Waals surface area contributed by atoms with Gasteiger partial charge >= 0.3 is 0 Å². The zero-order valence-electron chi connectivity index (χ0n) is 10.6. The second-order valence-corrected chi connectivity index (χ2v) is 5.72. The van der Waals surface area contributed by atoms with Crippen LogP contribution in [0.2, 0.25) is 0 Å². The van der Waals surface area contributed by atoms with Gasteiger partial charge in [0.2, 0.25) is 0 Å². The van der Waals surface area contributed by atoms with Crippen molar-refractivity contribution in [2.24, 2.45) is 11.3 Å². The Hall–Kier alpha value is -1.09. The minimum atomic E-state index is -0.401. The van der Waals surface area contributed by atoms with Crippen molar-refractivity contribution in [1.82, 2.24) is 5.32 Å². The van der Waals surface area contributed by atoms with Crippen LogP contribution in [0.1, 0.15) is 38.8 Å². The number of aromatic hydroxyl groups is 1. The number of hydrogen-bond acceptors (Lipinski definition) is 2. The maximum atomic E-state index is 12.9. The molecule has 0 bridgehead atoms. The van der Waals surface area contributed by atoms with Crippen molar-refractivity contribution >= 4 is 0 Å². The van der Waals surface area contributed by atoms with Crippen molar-refractivity contribution in [1.29, 1.82) is 0 Å². The fraction of sp³-hybridized carbons (Fsp3) is 0.571. The van der Waals surface area contributed by atoms with Crippen molar-refractivity contribution < 1.29 is 9.50 Å². The first-order valence-electron chi connectivity index (χ1n) is 6.12. The van der Waals surface area contributed by atoms with Gasteiger partial charge in [-0.3, -0.25) is 0 Å². The van der Waals surface area contributed by atoms with E-state index in [0.29, 0.717) is 11.3 Å². The third-order valence-electron chi connectivity index (χ3n) is 3.85. The molecule has 1 saturated carbocycles. The van der Waals surface area contributed by atoms with Gasteiger partial charge in [-0.2, -0.15) is 0 Å². The van der Waals surface area contributed by atoms with Crippen molar-refractivity contribution in [3.8, 4) is 5.75 Å². The average molecular weight is 237 g/mol. The van der Waals surface area contributed by atoms with Crippen LogP contribution in [-0.4, -0.2) is 11.7 Å². The minimum Gasteiger partial charge on any atom is -0.508 e. The lowest BCUT2D eigenvalue weighted by molar-refractivity contribution is 0.438. The van der Waals surface area contributed by atoms with Gasteiger partial charge < -0.3 is 10.4 Å².